The van der Waals surface area contributed by atoms with E-state index in [9.17, 15) is 0 Å². The third-order valence-electron chi connectivity index (χ3n) is 3.45. The van der Waals surface area contributed by atoms with Crippen LogP contribution in [0.25, 0.3) is 0 Å². The first-order valence-electron chi connectivity index (χ1n) is 5.95. The molecule has 0 heterocycles. The number of hydrogen-bond acceptors (Lipinski definition) is 4. The summed E-state index contributed by atoms with van der Waals surface area (Å²) in [6, 6.07) is 0.796. The summed E-state index contributed by atoms with van der Waals surface area (Å²) >= 11 is 0. The molecule has 0 fully saturated rings. The molecule has 0 aliphatic heterocycles. The zero-order chi connectivity index (χ0) is 12.7. The SMILES string of the molecule is COC(CC(CN)N(C)C(C)C(C)C)OC. The molecule has 0 radical (unpaired) electrons. The Hall–Kier alpha value is -0.160. The number of nitrogens with two attached hydrogens (primary N) is 1. The molecule has 0 aliphatic carbocycles. The second-order valence-corrected chi connectivity index (χ2v) is 4.68. The quantitative estimate of drug-likeness (QED) is 0.641. The highest BCUT2D eigenvalue weighted by molar-refractivity contribution is 4.77. The highest BCUT2D eigenvalue weighted by atomic mass is 16.7. The topological polar surface area (TPSA) is 47.7 Å². The molecule has 0 aliphatic rings. The van der Waals surface area contributed by atoms with Gasteiger partial charge in [-0.05, 0) is 19.9 Å². The molecule has 16 heavy (non-hydrogen) atoms. The maximum Gasteiger partial charge on any atom is 0.158 e. The summed E-state index contributed by atoms with van der Waals surface area (Å²) in [6.45, 7) is 7.29. The van der Waals surface area contributed by atoms with E-state index in [2.05, 4.69) is 32.7 Å². The Kier molecular flexibility index (Phi) is 7.93. The molecule has 0 saturated heterocycles. The maximum absolute atomic E-state index is 5.82. The third kappa shape index (κ3) is 4.78. The Morgan fingerprint density at radius 2 is 1.62 bits per heavy atom. The van der Waals surface area contributed by atoms with Gasteiger partial charge < -0.3 is 15.2 Å². The average molecular weight is 232 g/mol. The van der Waals surface area contributed by atoms with Crippen molar-refractivity contribution in [1.29, 1.82) is 0 Å². The zero-order valence-electron chi connectivity index (χ0n) is 11.6. The lowest BCUT2D eigenvalue weighted by molar-refractivity contribution is -0.117. The molecule has 2 unspecified atom stereocenters. The van der Waals surface area contributed by atoms with Gasteiger partial charge in [0, 0.05) is 39.3 Å². The number of nitrogens with zero attached hydrogens (tertiary/aromatic N) is 1. The number of hydrogen-bond donors (Lipinski definition) is 1. The van der Waals surface area contributed by atoms with Gasteiger partial charge in [0.2, 0.25) is 0 Å². The number of rotatable bonds is 8. The number of methoxy groups -OCH3 is 2. The molecule has 0 aromatic carbocycles. The molecule has 2 atom stereocenters. The van der Waals surface area contributed by atoms with Crippen molar-refractivity contribution in [3.05, 3.63) is 0 Å². The highest BCUT2D eigenvalue weighted by Crippen LogP contribution is 2.15. The van der Waals surface area contributed by atoms with Crippen molar-refractivity contribution in [3.63, 3.8) is 0 Å². The van der Waals surface area contributed by atoms with Crippen molar-refractivity contribution < 1.29 is 9.47 Å². The van der Waals surface area contributed by atoms with Crippen LogP contribution in [0.15, 0.2) is 0 Å². The van der Waals surface area contributed by atoms with E-state index in [0.717, 1.165) is 6.42 Å². The lowest BCUT2D eigenvalue weighted by atomic mass is 10.0. The Labute approximate surface area is 100 Å². The van der Waals surface area contributed by atoms with Crippen molar-refractivity contribution in [2.45, 2.75) is 45.6 Å². The van der Waals surface area contributed by atoms with Crippen LogP contribution in [0, 0.1) is 5.92 Å². The van der Waals surface area contributed by atoms with Crippen molar-refractivity contribution in [2.24, 2.45) is 11.7 Å². The molecule has 0 aromatic heterocycles. The van der Waals surface area contributed by atoms with Crippen molar-refractivity contribution in [2.75, 3.05) is 27.8 Å². The van der Waals surface area contributed by atoms with Crippen LogP contribution in [0.5, 0.6) is 0 Å². The van der Waals surface area contributed by atoms with E-state index < -0.39 is 0 Å². The van der Waals surface area contributed by atoms with E-state index in [1.165, 1.54) is 0 Å². The fourth-order valence-electron chi connectivity index (χ4n) is 1.74. The van der Waals surface area contributed by atoms with Gasteiger partial charge in [0.15, 0.2) is 6.29 Å². The predicted octanol–water partition coefficient (Wildman–Crippen LogP) is 1.30. The van der Waals surface area contributed by atoms with Gasteiger partial charge in [0.05, 0.1) is 0 Å². The Balaban J connectivity index is 4.36. The van der Waals surface area contributed by atoms with Crippen LogP contribution in [0.2, 0.25) is 0 Å². The molecule has 0 bridgehead atoms. The first kappa shape index (κ1) is 15.8. The van der Waals surface area contributed by atoms with Gasteiger partial charge in [-0.3, -0.25) is 4.90 Å². The van der Waals surface area contributed by atoms with E-state index >= 15 is 0 Å². The van der Waals surface area contributed by atoms with E-state index in [-0.39, 0.29) is 6.29 Å². The number of ether oxygens (including phenoxy) is 2. The van der Waals surface area contributed by atoms with Crippen LogP contribution >= 0.6 is 0 Å². The molecule has 0 amide bonds. The van der Waals surface area contributed by atoms with Crippen molar-refractivity contribution in [3.8, 4) is 0 Å². The minimum absolute atomic E-state index is 0.171. The van der Waals surface area contributed by atoms with E-state index in [0.29, 0.717) is 24.5 Å². The molecule has 0 spiro atoms. The summed E-state index contributed by atoms with van der Waals surface area (Å²) in [4.78, 5) is 2.32. The van der Waals surface area contributed by atoms with Crippen molar-refractivity contribution >= 4 is 0 Å². The second kappa shape index (κ2) is 8.01. The van der Waals surface area contributed by atoms with E-state index in [1.807, 2.05) is 0 Å². The molecule has 4 heteroatoms. The van der Waals surface area contributed by atoms with E-state index in [4.69, 9.17) is 15.2 Å². The molecule has 0 aromatic rings. The Morgan fingerprint density at radius 1 is 1.12 bits per heavy atom. The maximum atomic E-state index is 5.82. The Bertz CT molecular complexity index is 172. The highest BCUT2D eigenvalue weighted by Gasteiger charge is 2.23. The molecule has 4 nitrogen and oxygen atoms in total. The van der Waals surface area contributed by atoms with Crippen LogP contribution in [0.4, 0.5) is 0 Å². The first-order valence-corrected chi connectivity index (χ1v) is 5.95. The Morgan fingerprint density at radius 3 is 1.94 bits per heavy atom. The molecular formula is C12H28N2O2. The third-order valence-corrected chi connectivity index (χ3v) is 3.45. The second-order valence-electron chi connectivity index (χ2n) is 4.68. The van der Waals surface area contributed by atoms with Crippen LogP contribution in [0.1, 0.15) is 27.2 Å². The predicted molar refractivity (Wildman–Crippen MR) is 67.3 cm³/mol. The largest absolute Gasteiger partial charge is 0.356 e. The fourth-order valence-corrected chi connectivity index (χ4v) is 1.74. The minimum Gasteiger partial charge on any atom is -0.356 e. The summed E-state index contributed by atoms with van der Waals surface area (Å²) in [5.41, 5.74) is 5.82. The van der Waals surface area contributed by atoms with Gasteiger partial charge in [0.25, 0.3) is 0 Å². The lowest BCUT2D eigenvalue weighted by Crippen LogP contribution is -2.47. The standard InChI is InChI=1S/C12H28N2O2/c1-9(2)10(3)14(4)11(8-13)7-12(15-5)16-6/h9-12H,7-8,13H2,1-6H3. The van der Waals surface area contributed by atoms with Gasteiger partial charge >= 0.3 is 0 Å². The number of likely N-dealkylation sites (N-methyl/N-ethyl adjacent to an activating group) is 1. The lowest BCUT2D eigenvalue weighted by Gasteiger charge is -2.35. The normalized spacial score (nSPS) is 16.1. The summed E-state index contributed by atoms with van der Waals surface area (Å²) in [5, 5.41) is 0. The summed E-state index contributed by atoms with van der Waals surface area (Å²) in [7, 11) is 5.44. The summed E-state index contributed by atoms with van der Waals surface area (Å²) in [6.07, 6.45) is 0.632. The van der Waals surface area contributed by atoms with Gasteiger partial charge in [-0.25, -0.2) is 0 Å². The minimum atomic E-state index is -0.171. The summed E-state index contributed by atoms with van der Waals surface area (Å²) < 4.78 is 10.4. The summed E-state index contributed by atoms with van der Waals surface area (Å²) in [5.74, 6) is 0.614. The van der Waals surface area contributed by atoms with E-state index in [1.54, 1.807) is 14.2 Å². The molecule has 2 N–H and O–H groups in total. The first-order chi connectivity index (χ1) is 7.47. The fraction of sp³-hybridized carbons (Fsp3) is 1.00. The van der Waals surface area contributed by atoms with Gasteiger partial charge in [0.1, 0.15) is 0 Å². The van der Waals surface area contributed by atoms with Gasteiger partial charge in [-0.15, -0.1) is 0 Å². The van der Waals surface area contributed by atoms with Gasteiger partial charge in [-0.1, -0.05) is 13.8 Å². The van der Waals surface area contributed by atoms with Crippen molar-refractivity contribution in [1.82, 2.24) is 4.90 Å². The van der Waals surface area contributed by atoms with Crippen LogP contribution < -0.4 is 5.73 Å². The average Bonchev–Trinajstić information content (AvgIpc) is 2.29. The zero-order valence-corrected chi connectivity index (χ0v) is 11.6. The molecular weight excluding hydrogens is 204 g/mol. The van der Waals surface area contributed by atoms with Crippen LogP contribution in [-0.4, -0.2) is 51.1 Å². The van der Waals surface area contributed by atoms with Crippen LogP contribution in [0.3, 0.4) is 0 Å². The monoisotopic (exact) mass is 232 g/mol. The van der Waals surface area contributed by atoms with Crippen LogP contribution in [-0.2, 0) is 9.47 Å². The molecule has 0 rings (SSSR count). The molecule has 98 valence electrons. The van der Waals surface area contributed by atoms with Gasteiger partial charge in [-0.2, -0.15) is 0 Å². The molecule has 0 saturated carbocycles. The smallest absolute Gasteiger partial charge is 0.158 e.